The highest BCUT2D eigenvalue weighted by Gasteiger charge is 2.71. The number of rotatable bonds is 9. The van der Waals surface area contributed by atoms with Crippen LogP contribution in [-0.2, 0) is 38.0 Å². The summed E-state index contributed by atoms with van der Waals surface area (Å²) < 4.78 is 34.7. The van der Waals surface area contributed by atoms with Crippen molar-refractivity contribution in [2.75, 3.05) is 13.2 Å². The lowest BCUT2D eigenvalue weighted by molar-refractivity contribution is -0.361. The Kier molecular flexibility index (Phi) is 13.8. The van der Waals surface area contributed by atoms with Crippen molar-refractivity contribution in [3.8, 4) is 0 Å². The zero-order valence-electron chi connectivity index (χ0n) is 39.7. The van der Waals surface area contributed by atoms with E-state index in [2.05, 4.69) is 40.7 Å². The van der Waals surface area contributed by atoms with Gasteiger partial charge in [-0.25, -0.2) is 0 Å². The molecule has 0 aromatic carbocycles. The quantitative estimate of drug-likeness (QED) is 0.109. The molecule has 0 radical (unpaired) electrons. The number of aliphatic carboxylic acids is 1. The van der Waals surface area contributed by atoms with E-state index >= 15 is 0 Å². The molecule has 67 heavy (non-hydrogen) atoms. The van der Waals surface area contributed by atoms with Crippen LogP contribution in [0.1, 0.15) is 113 Å². The minimum atomic E-state index is -1.87. The molecule has 7 fully saturated rings. The number of hydrogen-bond donors (Lipinski definition) is 11. The van der Waals surface area contributed by atoms with Crippen LogP contribution in [0.5, 0.6) is 0 Å². The molecule has 19 heteroatoms. The number of esters is 1. The molecule has 19 nitrogen and oxygen atoms in total. The second kappa shape index (κ2) is 18.0. The van der Waals surface area contributed by atoms with Crippen molar-refractivity contribution >= 4 is 11.9 Å². The molecule has 382 valence electrons. The molecule has 3 heterocycles. The van der Waals surface area contributed by atoms with Crippen LogP contribution in [-0.4, -0.2) is 180 Å². The zero-order chi connectivity index (χ0) is 49.1. The third-order valence-electron chi connectivity index (χ3n) is 19.4. The number of fused-ring (bicyclic) bond motifs is 7. The Morgan fingerprint density at radius 2 is 1.31 bits per heavy atom. The minimum Gasteiger partial charge on any atom is -0.481 e. The molecular weight excluding hydrogens is 881 g/mol. The molecule has 8 aliphatic rings. The molecule has 11 N–H and O–H groups in total. The summed E-state index contributed by atoms with van der Waals surface area (Å²) in [5, 5.41) is 118. The van der Waals surface area contributed by atoms with E-state index in [1.807, 2.05) is 0 Å². The van der Waals surface area contributed by atoms with Gasteiger partial charge in [-0.3, -0.25) is 9.59 Å². The minimum absolute atomic E-state index is 0.128. The van der Waals surface area contributed by atoms with Gasteiger partial charge in [-0.05, 0) is 117 Å². The first-order valence-corrected chi connectivity index (χ1v) is 24.3. The Balaban J connectivity index is 0.981. The van der Waals surface area contributed by atoms with Crippen molar-refractivity contribution in [1.29, 1.82) is 0 Å². The third kappa shape index (κ3) is 7.97. The smallest absolute Gasteiger partial charge is 0.315 e. The van der Waals surface area contributed by atoms with Crippen molar-refractivity contribution in [1.82, 2.24) is 0 Å². The highest BCUT2D eigenvalue weighted by molar-refractivity contribution is 5.79. The lowest BCUT2D eigenvalue weighted by Gasteiger charge is -2.71. The van der Waals surface area contributed by atoms with E-state index in [1.165, 1.54) is 12.5 Å². The van der Waals surface area contributed by atoms with Gasteiger partial charge in [0, 0.05) is 0 Å². The van der Waals surface area contributed by atoms with Crippen molar-refractivity contribution in [2.45, 2.75) is 211 Å². The largest absolute Gasteiger partial charge is 0.481 e. The fourth-order valence-electron chi connectivity index (χ4n) is 14.8. The topological polar surface area (TPSA) is 312 Å². The van der Waals surface area contributed by atoms with Crippen LogP contribution < -0.4 is 0 Å². The standard InChI is InChI=1S/C48H76O19/c1-21-29(51)31(53)34(56)39(63-21)66-37-24(19-49)64-38(36(58)33(37)55)62-20-25-30(52)32(54)35(57)40(65-25)67-42(61)48-16-14-43(2,3)18-23(48)22-8-9-26-44(4)12-11-28(50)47(7,41(59)60)27(44)10-13-46(26,6)45(22,5)15-17-48/h8,21,23-40,49-58H,9-20H2,1-7H3,(H,59,60)/t21-,23+,24-,25-,26-,27-,28+,29-,30+,31+,32+,33+,34+,35-,36-,37-,38-,39-,40+,44+,45+,46+,47+,48-/m0/s1. The Hall–Kier alpha value is -1.92. The first-order valence-electron chi connectivity index (χ1n) is 24.3. The molecule has 0 aromatic heterocycles. The van der Waals surface area contributed by atoms with Crippen LogP contribution in [0.15, 0.2) is 11.6 Å². The number of hydrogen-bond acceptors (Lipinski definition) is 18. The SMILES string of the molecule is C[C@@H]1O[C@@H](O[C@@H]2[C@H](O)[C@H](O)[C@@H](OC[C@@H]3O[C@H](OC(=O)[C@]45CCC(C)(C)C[C@@H]4C4=CC[C@H]6[C@@]7(C)CC[C@@H](O)[C@](C)(C(=O)O)[C@H]7CC[C@@]6(C)[C@]4(C)CC5)[C@@H](O)[C@H](O)[C@@H]3O)O[C@H]2CO)[C@H](O)[C@H](O)[C@H]1O. The van der Waals surface area contributed by atoms with Crippen LogP contribution in [0.3, 0.4) is 0 Å². The molecule has 0 aromatic rings. The molecule has 5 aliphatic carbocycles. The van der Waals surface area contributed by atoms with E-state index in [4.69, 9.17) is 28.4 Å². The lowest BCUT2D eigenvalue weighted by Crippen LogP contribution is -2.66. The molecule has 4 saturated carbocycles. The van der Waals surface area contributed by atoms with E-state index in [9.17, 15) is 65.8 Å². The van der Waals surface area contributed by atoms with Gasteiger partial charge in [-0.15, -0.1) is 0 Å². The second-order valence-electron chi connectivity index (χ2n) is 23.3. The first kappa shape index (κ1) is 51.4. The maximum Gasteiger partial charge on any atom is 0.315 e. The van der Waals surface area contributed by atoms with Crippen molar-refractivity contribution in [2.24, 2.45) is 50.2 Å². The van der Waals surface area contributed by atoms with Gasteiger partial charge in [0.05, 0.1) is 36.3 Å². The fraction of sp³-hybridized carbons (Fsp3) is 0.917. The summed E-state index contributed by atoms with van der Waals surface area (Å²) in [6.45, 7) is 13.0. The third-order valence-corrected chi connectivity index (χ3v) is 19.4. The molecule has 0 spiro atoms. The van der Waals surface area contributed by atoms with Gasteiger partial charge in [0.2, 0.25) is 6.29 Å². The van der Waals surface area contributed by atoms with Crippen LogP contribution in [0.4, 0.5) is 0 Å². The zero-order valence-corrected chi connectivity index (χ0v) is 39.7. The Morgan fingerprint density at radius 3 is 1.99 bits per heavy atom. The molecule has 0 bridgehead atoms. The van der Waals surface area contributed by atoms with Gasteiger partial charge in [-0.2, -0.15) is 0 Å². The summed E-state index contributed by atoms with van der Waals surface area (Å²) in [6.07, 6.45) is -16.7. The normalized spacial score (nSPS) is 54.0. The molecule has 0 amide bonds. The first-order chi connectivity index (χ1) is 31.2. The van der Waals surface area contributed by atoms with Gasteiger partial charge in [0.15, 0.2) is 12.6 Å². The van der Waals surface area contributed by atoms with Crippen LogP contribution in [0.2, 0.25) is 0 Å². The van der Waals surface area contributed by atoms with E-state index in [0.717, 1.165) is 19.3 Å². The average molecular weight is 957 g/mol. The molecule has 0 unspecified atom stereocenters. The number of carboxylic acid groups (broad SMARTS) is 1. The summed E-state index contributed by atoms with van der Waals surface area (Å²) in [5.41, 5.74) is -2.13. The van der Waals surface area contributed by atoms with Gasteiger partial charge >= 0.3 is 11.9 Å². The summed E-state index contributed by atoms with van der Waals surface area (Å²) >= 11 is 0. The van der Waals surface area contributed by atoms with Gasteiger partial charge in [0.25, 0.3) is 0 Å². The van der Waals surface area contributed by atoms with Crippen molar-refractivity contribution in [3.05, 3.63) is 11.6 Å². The maximum atomic E-state index is 15.0. The van der Waals surface area contributed by atoms with E-state index in [0.29, 0.717) is 44.9 Å². The Morgan fingerprint density at radius 1 is 0.687 bits per heavy atom. The second-order valence-corrected chi connectivity index (χ2v) is 23.3. The Labute approximate surface area is 391 Å². The average Bonchev–Trinajstić information content (AvgIpc) is 3.27. The highest BCUT2D eigenvalue weighted by atomic mass is 16.8. The van der Waals surface area contributed by atoms with E-state index in [-0.39, 0.29) is 39.4 Å². The molecule has 24 atom stereocenters. The van der Waals surface area contributed by atoms with E-state index in [1.54, 1.807) is 6.92 Å². The number of allylic oxidation sites excluding steroid dienone is 2. The number of carbonyl (C=O) groups excluding carboxylic acids is 1. The van der Waals surface area contributed by atoms with Crippen LogP contribution in [0, 0.1) is 50.2 Å². The monoisotopic (exact) mass is 956 g/mol. The predicted molar refractivity (Wildman–Crippen MR) is 231 cm³/mol. The molecule has 3 aliphatic heterocycles. The number of ether oxygens (including phenoxy) is 6. The van der Waals surface area contributed by atoms with Crippen molar-refractivity contribution < 1.29 is 94.2 Å². The van der Waals surface area contributed by atoms with Crippen LogP contribution >= 0.6 is 0 Å². The highest BCUT2D eigenvalue weighted by Crippen LogP contribution is 2.76. The maximum absolute atomic E-state index is 15.0. The Bertz CT molecular complexity index is 1880. The number of carbonyl (C=O) groups is 2. The predicted octanol–water partition coefficient (Wildman–Crippen LogP) is 0.233. The lowest BCUT2D eigenvalue weighted by atomic mass is 9.33. The summed E-state index contributed by atoms with van der Waals surface area (Å²) in [4.78, 5) is 27.8. The fourth-order valence-corrected chi connectivity index (χ4v) is 14.8. The summed E-state index contributed by atoms with van der Waals surface area (Å²) in [5.74, 6) is -1.87. The van der Waals surface area contributed by atoms with Gasteiger partial charge in [0.1, 0.15) is 67.1 Å². The molecular formula is C48H76O19. The van der Waals surface area contributed by atoms with Gasteiger partial charge < -0.3 is 84.6 Å². The molecule has 8 rings (SSSR count). The molecule has 3 saturated heterocycles. The van der Waals surface area contributed by atoms with E-state index < -0.39 is 134 Å². The van der Waals surface area contributed by atoms with Crippen LogP contribution in [0.25, 0.3) is 0 Å². The summed E-state index contributed by atoms with van der Waals surface area (Å²) in [7, 11) is 0. The number of carboxylic acids is 1. The van der Waals surface area contributed by atoms with Gasteiger partial charge in [-0.1, -0.05) is 46.3 Å². The number of aliphatic hydroxyl groups is 10. The van der Waals surface area contributed by atoms with Crippen molar-refractivity contribution in [3.63, 3.8) is 0 Å². The summed E-state index contributed by atoms with van der Waals surface area (Å²) in [6, 6.07) is 0. The number of aliphatic hydroxyl groups excluding tert-OH is 10.